The van der Waals surface area contributed by atoms with E-state index in [1.54, 1.807) is 0 Å². The summed E-state index contributed by atoms with van der Waals surface area (Å²) in [4.78, 5) is 11.5. The molecule has 1 aliphatic carbocycles. The molecule has 1 aliphatic heterocycles. The molecule has 7 heteroatoms. The number of thioether (sulfide) groups is 1. The van der Waals surface area contributed by atoms with Crippen molar-refractivity contribution in [2.45, 2.75) is 24.4 Å². The van der Waals surface area contributed by atoms with Crippen LogP contribution in [-0.2, 0) is 0 Å². The average Bonchev–Trinajstić information content (AvgIpc) is 2.90. The van der Waals surface area contributed by atoms with Gasteiger partial charge in [-0.1, -0.05) is 11.8 Å². The van der Waals surface area contributed by atoms with Crippen molar-refractivity contribution in [1.82, 2.24) is 9.97 Å². The smallest absolute Gasteiger partial charge is 0.189 e. The van der Waals surface area contributed by atoms with Crippen LogP contribution >= 0.6 is 50.3 Å². The van der Waals surface area contributed by atoms with Gasteiger partial charge >= 0.3 is 0 Å². The largest absolute Gasteiger partial charge is 0.355 e. The first-order chi connectivity index (χ1) is 11.1. The predicted octanol–water partition coefficient (Wildman–Crippen LogP) is 5.09. The summed E-state index contributed by atoms with van der Waals surface area (Å²) in [7, 11) is 0. The van der Waals surface area contributed by atoms with Crippen LogP contribution in [0.25, 0.3) is 10.9 Å². The third kappa shape index (κ3) is 2.86. The van der Waals surface area contributed by atoms with Crippen LogP contribution in [0, 0.1) is 21.2 Å². The lowest BCUT2D eigenvalue weighted by Crippen LogP contribution is -2.37. The zero-order valence-electron chi connectivity index (χ0n) is 12.7. The fourth-order valence-electron chi connectivity index (χ4n) is 3.85. The van der Waals surface area contributed by atoms with Crippen molar-refractivity contribution in [1.29, 1.82) is 0 Å². The van der Waals surface area contributed by atoms with Gasteiger partial charge in [-0.25, -0.2) is 14.4 Å². The molecule has 0 radical (unpaired) electrons. The number of hydrogen-bond donors (Lipinski definition) is 0. The van der Waals surface area contributed by atoms with Gasteiger partial charge in [0.15, 0.2) is 11.0 Å². The fourth-order valence-corrected chi connectivity index (χ4v) is 5.06. The topological polar surface area (TPSA) is 29.0 Å². The number of halogens is 3. The highest BCUT2D eigenvalue weighted by Crippen LogP contribution is 2.40. The summed E-state index contributed by atoms with van der Waals surface area (Å²) in [6, 6.07) is 2.00. The van der Waals surface area contributed by atoms with E-state index in [1.165, 1.54) is 31.0 Å². The normalized spacial score (nSPS) is 23.7. The molecule has 3 nitrogen and oxygen atoms in total. The molecule has 4 rings (SSSR count). The van der Waals surface area contributed by atoms with Crippen molar-refractivity contribution < 1.29 is 4.39 Å². The Morgan fingerprint density at radius 2 is 2.00 bits per heavy atom. The van der Waals surface area contributed by atoms with Gasteiger partial charge in [-0.05, 0) is 81.9 Å². The van der Waals surface area contributed by atoms with Crippen molar-refractivity contribution >= 4 is 67.0 Å². The molecule has 0 N–H and O–H groups in total. The molecule has 1 aromatic heterocycles. The number of aromatic nitrogens is 2. The lowest BCUT2D eigenvalue weighted by Gasteiger charge is -2.33. The molecule has 23 heavy (non-hydrogen) atoms. The number of hydrogen-bond acceptors (Lipinski definition) is 4. The van der Waals surface area contributed by atoms with Crippen LogP contribution in [0.15, 0.2) is 15.7 Å². The summed E-state index contributed by atoms with van der Waals surface area (Å²) in [5, 5.41) is 1.46. The van der Waals surface area contributed by atoms with Crippen molar-refractivity contribution in [2.24, 2.45) is 11.8 Å². The van der Waals surface area contributed by atoms with Gasteiger partial charge in [0.05, 0.1) is 4.47 Å². The number of nitrogens with zero attached hydrogens (tertiary/aromatic N) is 3. The minimum atomic E-state index is -0.286. The Balaban J connectivity index is 1.90. The van der Waals surface area contributed by atoms with Crippen LogP contribution < -0.4 is 4.90 Å². The first kappa shape index (κ1) is 16.3. The second-order valence-electron chi connectivity index (χ2n) is 6.37. The minimum absolute atomic E-state index is 0.286. The Hall–Kier alpha value is -0.150. The molecule has 2 atom stereocenters. The summed E-state index contributed by atoms with van der Waals surface area (Å²) >= 11 is 6.96. The summed E-state index contributed by atoms with van der Waals surface area (Å²) < 4.78 is 16.1. The van der Waals surface area contributed by atoms with E-state index in [4.69, 9.17) is 4.98 Å². The Morgan fingerprint density at radius 3 is 2.65 bits per heavy atom. The number of benzene rings is 1. The van der Waals surface area contributed by atoms with E-state index >= 15 is 0 Å². The van der Waals surface area contributed by atoms with Crippen LogP contribution in [0.1, 0.15) is 19.3 Å². The Labute approximate surface area is 161 Å². The molecule has 2 unspecified atom stereocenters. The number of rotatable bonds is 2. The number of fused-ring (bicyclic) bond motifs is 3. The molecule has 2 bridgehead atoms. The first-order valence-electron chi connectivity index (χ1n) is 7.71. The lowest BCUT2D eigenvalue weighted by molar-refractivity contribution is 0.419. The molecule has 1 saturated heterocycles. The molecule has 1 aromatic carbocycles. The number of piperidine rings is 1. The minimum Gasteiger partial charge on any atom is -0.355 e. The second-order valence-corrected chi connectivity index (χ2v) is 9.10. The molecule has 1 saturated carbocycles. The van der Waals surface area contributed by atoms with Crippen molar-refractivity contribution in [3.05, 3.63) is 19.9 Å². The van der Waals surface area contributed by atoms with Crippen molar-refractivity contribution in [3.8, 4) is 0 Å². The van der Waals surface area contributed by atoms with Gasteiger partial charge in [0.2, 0.25) is 0 Å². The Morgan fingerprint density at radius 1 is 1.30 bits per heavy atom. The average molecular weight is 508 g/mol. The van der Waals surface area contributed by atoms with Crippen LogP contribution in [0.3, 0.4) is 0 Å². The third-order valence-corrected chi connectivity index (χ3v) is 7.79. The molecule has 0 amide bonds. The molecular weight excluding hydrogens is 492 g/mol. The van der Waals surface area contributed by atoms with E-state index in [1.807, 2.05) is 12.3 Å². The molecule has 2 fully saturated rings. The summed E-state index contributed by atoms with van der Waals surface area (Å²) in [6.07, 6.45) is 5.91. The monoisotopic (exact) mass is 507 g/mol. The third-order valence-electron chi connectivity index (χ3n) is 4.88. The standard InChI is InChI=1S/C16H16BrFIN3S/c1-23-16-20-14-10(5-11(19)12(17)13(14)18)15(21-16)22-6-8-2-3-9(4-8)7-22/h5,8-9H,2-4,6-7H2,1H3. The van der Waals surface area contributed by atoms with Crippen LogP contribution in [0.2, 0.25) is 0 Å². The molecule has 2 aliphatic rings. The zero-order chi connectivity index (χ0) is 16.1. The van der Waals surface area contributed by atoms with Crippen LogP contribution in [0.4, 0.5) is 10.2 Å². The fraction of sp³-hybridized carbons (Fsp3) is 0.500. The van der Waals surface area contributed by atoms with E-state index in [0.717, 1.165) is 39.7 Å². The Bertz CT molecular complexity index is 776. The summed E-state index contributed by atoms with van der Waals surface area (Å²) in [5.41, 5.74) is 0.421. The maximum absolute atomic E-state index is 14.7. The van der Waals surface area contributed by atoms with Gasteiger partial charge < -0.3 is 4.90 Å². The van der Waals surface area contributed by atoms with Crippen molar-refractivity contribution in [3.63, 3.8) is 0 Å². The van der Waals surface area contributed by atoms with Crippen LogP contribution in [-0.4, -0.2) is 29.3 Å². The lowest BCUT2D eigenvalue weighted by atomic mass is 9.98. The van der Waals surface area contributed by atoms with E-state index in [2.05, 4.69) is 48.4 Å². The van der Waals surface area contributed by atoms with E-state index < -0.39 is 0 Å². The maximum atomic E-state index is 14.7. The quantitative estimate of drug-likeness (QED) is 0.245. The van der Waals surface area contributed by atoms with Gasteiger partial charge in [-0.15, -0.1) is 0 Å². The van der Waals surface area contributed by atoms with E-state index in [0.29, 0.717) is 15.1 Å². The first-order valence-corrected chi connectivity index (χ1v) is 10.8. The van der Waals surface area contributed by atoms with Gasteiger partial charge in [0, 0.05) is 22.0 Å². The highest BCUT2D eigenvalue weighted by atomic mass is 127. The second kappa shape index (κ2) is 6.29. The van der Waals surface area contributed by atoms with E-state index in [-0.39, 0.29) is 5.82 Å². The summed E-state index contributed by atoms with van der Waals surface area (Å²) in [5.74, 6) is 2.14. The predicted molar refractivity (Wildman–Crippen MR) is 105 cm³/mol. The molecule has 2 aromatic rings. The van der Waals surface area contributed by atoms with Gasteiger partial charge in [-0.2, -0.15) is 0 Å². The zero-order valence-corrected chi connectivity index (χ0v) is 17.2. The maximum Gasteiger partial charge on any atom is 0.189 e. The number of anilines is 1. The summed E-state index contributed by atoms with van der Waals surface area (Å²) in [6.45, 7) is 2.06. The van der Waals surface area contributed by atoms with Gasteiger partial charge in [0.25, 0.3) is 0 Å². The molecule has 122 valence electrons. The van der Waals surface area contributed by atoms with Crippen molar-refractivity contribution in [2.75, 3.05) is 24.2 Å². The van der Waals surface area contributed by atoms with Gasteiger partial charge in [-0.3, -0.25) is 0 Å². The van der Waals surface area contributed by atoms with Crippen LogP contribution in [0.5, 0.6) is 0 Å². The SMILES string of the molecule is CSc1nc(N2CC3CCC(C3)C2)c2cc(I)c(Br)c(F)c2n1. The molecule has 0 spiro atoms. The molecule has 2 heterocycles. The molecular formula is C16H16BrFIN3S. The van der Waals surface area contributed by atoms with E-state index in [9.17, 15) is 4.39 Å². The van der Waals surface area contributed by atoms with Gasteiger partial charge in [0.1, 0.15) is 11.3 Å². The Kier molecular flexibility index (Phi) is 4.47. The highest BCUT2D eigenvalue weighted by Gasteiger charge is 2.34. The highest BCUT2D eigenvalue weighted by molar-refractivity contribution is 14.1.